The molecule has 0 bridgehead atoms. The Labute approximate surface area is 119 Å². The molecule has 1 amide bonds. The molecule has 0 aliphatic rings. The first kappa shape index (κ1) is 16.2. The number of rotatable bonds is 5. The summed E-state index contributed by atoms with van der Waals surface area (Å²) in [6, 6.07) is 0. The molecule has 1 aromatic heterocycles. The molecule has 0 unspecified atom stereocenters. The Balaban J connectivity index is 2.70. The van der Waals surface area contributed by atoms with Crippen molar-refractivity contribution in [3.05, 3.63) is 22.7 Å². The van der Waals surface area contributed by atoms with Gasteiger partial charge in [-0.05, 0) is 26.7 Å². The van der Waals surface area contributed by atoms with E-state index in [0.29, 0.717) is 12.5 Å². The van der Waals surface area contributed by atoms with Crippen molar-refractivity contribution in [1.82, 2.24) is 14.9 Å². The van der Waals surface area contributed by atoms with E-state index >= 15 is 0 Å². The highest BCUT2D eigenvalue weighted by Gasteiger charge is 2.16. The summed E-state index contributed by atoms with van der Waals surface area (Å²) in [6.45, 7) is 10.5. The highest BCUT2D eigenvalue weighted by molar-refractivity contribution is 5.80. The summed E-state index contributed by atoms with van der Waals surface area (Å²) >= 11 is 0. The van der Waals surface area contributed by atoms with Crippen molar-refractivity contribution in [3.63, 3.8) is 0 Å². The Kier molecular flexibility index (Phi) is 5.30. The van der Waals surface area contributed by atoms with E-state index in [9.17, 15) is 9.59 Å². The van der Waals surface area contributed by atoms with Crippen molar-refractivity contribution in [2.45, 2.75) is 40.2 Å². The van der Waals surface area contributed by atoms with Crippen molar-refractivity contribution in [1.29, 1.82) is 0 Å². The summed E-state index contributed by atoms with van der Waals surface area (Å²) < 4.78 is 1.59. The minimum Gasteiger partial charge on any atom is -0.356 e. The van der Waals surface area contributed by atoms with E-state index in [1.165, 1.54) is 0 Å². The Morgan fingerprint density at radius 3 is 2.60 bits per heavy atom. The highest BCUT2D eigenvalue weighted by Crippen LogP contribution is 2.10. The molecule has 0 fully saturated rings. The van der Waals surface area contributed by atoms with Gasteiger partial charge in [0.25, 0.3) is 5.56 Å². The summed E-state index contributed by atoms with van der Waals surface area (Å²) in [7, 11) is 0. The molecule has 0 atom stereocenters. The summed E-state index contributed by atoms with van der Waals surface area (Å²) in [6.07, 6.45) is 3.20. The molecule has 0 aliphatic heterocycles. The quantitative estimate of drug-likeness (QED) is 0.849. The van der Waals surface area contributed by atoms with Crippen molar-refractivity contribution in [2.75, 3.05) is 18.4 Å². The van der Waals surface area contributed by atoms with Crippen molar-refractivity contribution < 1.29 is 4.79 Å². The van der Waals surface area contributed by atoms with Crippen LogP contribution in [0.4, 0.5) is 5.82 Å². The summed E-state index contributed by atoms with van der Waals surface area (Å²) in [5.41, 5.74) is -0.548. The van der Waals surface area contributed by atoms with Gasteiger partial charge in [-0.3, -0.25) is 9.59 Å². The van der Waals surface area contributed by atoms with Crippen LogP contribution >= 0.6 is 0 Å². The van der Waals surface area contributed by atoms with Crippen molar-refractivity contribution in [3.8, 4) is 0 Å². The molecule has 2 N–H and O–H groups in total. The second-order valence-electron chi connectivity index (χ2n) is 6.17. The molecule has 0 saturated heterocycles. The van der Waals surface area contributed by atoms with Crippen LogP contribution in [-0.2, 0) is 10.3 Å². The average molecular weight is 280 g/mol. The molecule has 20 heavy (non-hydrogen) atoms. The van der Waals surface area contributed by atoms with E-state index < -0.39 is 0 Å². The van der Waals surface area contributed by atoms with Gasteiger partial charge in [-0.1, -0.05) is 13.8 Å². The third-order valence-electron chi connectivity index (χ3n) is 2.69. The predicted octanol–water partition coefficient (Wildman–Crippen LogP) is 1.18. The van der Waals surface area contributed by atoms with Gasteiger partial charge < -0.3 is 15.2 Å². The normalized spacial score (nSPS) is 11.5. The zero-order valence-electron chi connectivity index (χ0n) is 12.9. The minimum absolute atomic E-state index is 0.0448. The molecule has 6 nitrogen and oxygen atoms in total. The lowest BCUT2D eigenvalue weighted by Crippen LogP contribution is -2.37. The van der Waals surface area contributed by atoms with Gasteiger partial charge in [-0.25, -0.2) is 4.98 Å². The number of carbonyl (C=O) groups excluding carboxylic acids is 1. The monoisotopic (exact) mass is 280 g/mol. The van der Waals surface area contributed by atoms with Gasteiger partial charge in [0.2, 0.25) is 5.91 Å². The fraction of sp³-hybridized carbons (Fsp3) is 0.643. The lowest BCUT2D eigenvalue weighted by atomic mass is 10.1. The third-order valence-corrected chi connectivity index (χ3v) is 2.69. The van der Waals surface area contributed by atoms with Gasteiger partial charge in [-0.15, -0.1) is 0 Å². The molecule has 1 aromatic rings. The second-order valence-corrected chi connectivity index (χ2v) is 6.17. The number of aromatic nitrogens is 2. The number of carbonyl (C=O) groups is 1. The van der Waals surface area contributed by atoms with Gasteiger partial charge in [0, 0.05) is 24.5 Å². The number of hydrogen-bond donors (Lipinski definition) is 2. The summed E-state index contributed by atoms with van der Waals surface area (Å²) in [5.74, 6) is 0.445. The Bertz CT molecular complexity index is 515. The zero-order valence-corrected chi connectivity index (χ0v) is 12.9. The van der Waals surface area contributed by atoms with Crippen LogP contribution in [0.15, 0.2) is 17.2 Å². The summed E-state index contributed by atoms with van der Waals surface area (Å²) in [5, 5.41) is 5.57. The number of nitrogens with zero attached hydrogens (tertiary/aromatic N) is 2. The molecule has 1 rings (SSSR count). The maximum atomic E-state index is 12.2. The molecular weight excluding hydrogens is 256 g/mol. The van der Waals surface area contributed by atoms with E-state index in [0.717, 1.165) is 0 Å². The van der Waals surface area contributed by atoms with Gasteiger partial charge in [-0.2, -0.15) is 0 Å². The van der Waals surface area contributed by atoms with E-state index in [4.69, 9.17) is 0 Å². The Morgan fingerprint density at radius 1 is 1.40 bits per heavy atom. The lowest BCUT2D eigenvalue weighted by Gasteiger charge is -2.22. The van der Waals surface area contributed by atoms with E-state index in [-0.39, 0.29) is 29.4 Å². The van der Waals surface area contributed by atoms with Crippen LogP contribution in [-0.4, -0.2) is 28.5 Å². The molecule has 0 aliphatic carbocycles. The van der Waals surface area contributed by atoms with Crippen LogP contribution in [0, 0.1) is 5.92 Å². The fourth-order valence-corrected chi connectivity index (χ4v) is 1.61. The first-order valence-electron chi connectivity index (χ1n) is 6.80. The van der Waals surface area contributed by atoms with Gasteiger partial charge in [0.1, 0.15) is 0 Å². The van der Waals surface area contributed by atoms with Gasteiger partial charge >= 0.3 is 0 Å². The second kappa shape index (κ2) is 6.54. The van der Waals surface area contributed by atoms with E-state index in [1.807, 2.05) is 34.6 Å². The Morgan fingerprint density at radius 2 is 2.05 bits per heavy atom. The summed E-state index contributed by atoms with van der Waals surface area (Å²) in [4.78, 5) is 27.8. The molecule has 0 saturated carbocycles. The van der Waals surface area contributed by atoms with E-state index in [1.54, 1.807) is 17.0 Å². The molecule has 0 radical (unpaired) electrons. The lowest BCUT2D eigenvalue weighted by molar-refractivity contribution is -0.119. The first-order valence-corrected chi connectivity index (χ1v) is 6.80. The maximum absolute atomic E-state index is 12.2. The molecule has 0 aromatic carbocycles. The van der Waals surface area contributed by atoms with Crippen molar-refractivity contribution >= 4 is 11.7 Å². The standard InChI is InChI=1S/C14H24N4O2/c1-10(2)8-16-11(19)9-17-12-13(20)18(7-6-15-12)14(3,4)5/h6-7,10H,8-9H2,1-5H3,(H,15,17)(H,16,19). The largest absolute Gasteiger partial charge is 0.356 e. The van der Waals surface area contributed by atoms with Crippen LogP contribution in [0.3, 0.4) is 0 Å². The van der Waals surface area contributed by atoms with Crippen LogP contribution in [0.25, 0.3) is 0 Å². The SMILES string of the molecule is CC(C)CNC(=O)CNc1nccn(C(C)(C)C)c1=O. The topological polar surface area (TPSA) is 76.0 Å². The van der Waals surface area contributed by atoms with Gasteiger partial charge in [0.05, 0.1) is 6.54 Å². The predicted molar refractivity (Wildman–Crippen MR) is 79.8 cm³/mol. The molecule has 112 valence electrons. The number of nitrogens with one attached hydrogen (secondary N) is 2. The Hall–Kier alpha value is -1.85. The number of anilines is 1. The number of hydrogen-bond acceptors (Lipinski definition) is 4. The molecule has 1 heterocycles. The average Bonchev–Trinajstić information content (AvgIpc) is 2.33. The van der Waals surface area contributed by atoms with Crippen molar-refractivity contribution in [2.24, 2.45) is 5.92 Å². The van der Waals surface area contributed by atoms with Crippen LogP contribution in [0.5, 0.6) is 0 Å². The van der Waals surface area contributed by atoms with Crippen LogP contribution < -0.4 is 16.2 Å². The molecular formula is C14H24N4O2. The zero-order chi connectivity index (χ0) is 15.3. The number of amides is 1. The fourth-order valence-electron chi connectivity index (χ4n) is 1.61. The van der Waals surface area contributed by atoms with Crippen LogP contribution in [0.2, 0.25) is 0 Å². The molecule has 0 spiro atoms. The third kappa shape index (κ3) is 4.68. The maximum Gasteiger partial charge on any atom is 0.293 e. The van der Waals surface area contributed by atoms with Gasteiger partial charge in [0.15, 0.2) is 5.82 Å². The molecule has 6 heteroatoms. The van der Waals surface area contributed by atoms with E-state index in [2.05, 4.69) is 15.6 Å². The minimum atomic E-state index is -0.323. The highest BCUT2D eigenvalue weighted by atomic mass is 16.2. The van der Waals surface area contributed by atoms with Crippen LogP contribution in [0.1, 0.15) is 34.6 Å². The first-order chi connectivity index (χ1) is 9.21. The smallest absolute Gasteiger partial charge is 0.293 e.